The van der Waals surface area contributed by atoms with Crippen LogP contribution in [0.25, 0.3) is 0 Å². The van der Waals surface area contributed by atoms with Gasteiger partial charge < -0.3 is 9.80 Å². The van der Waals surface area contributed by atoms with Crippen molar-refractivity contribution in [2.45, 2.75) is 34.6 Å². The maximum Gasteiger partial charge on any atom is 3.00 e. The summed E-state index contributed by atoms with van der Waals surface area (Å²) >= 11 is 0. The van der Waals surface area contributed by atoms with E-state index in [0.717, 1.165) is 11.1 Å². The second-order valence-electron chi connectivity index (χ2n) is 8.17. The third-order valence-corrected chi connectivity index (χ3v) is 5.76. The molecule has 0 saturated carbocycles. The maximum atomic E-state index is 3.90. The molecule has 0 bridgehead atoms. The standard InChI is InChI=1S/C10H15.2C9H12N.Sc/c1-6-7(2)9(4)10(5)8(6)3;2*1-8-6-4-5-7-9(8)10(2)3;/h1-5H3;2*4-7H,1H2,2-3H3;/q3*-1;+3. The Morgan fingerprint density at radius 2 is 0.903 bits per heavy atom. The van der Waals surface area contributed by atoms with E-state index in [1.165, 1.54) is 39.2 Å². The first-order valence-corrected chi connectivity index (χ1v) is 10.3. The number of nitrogens with zero attached hydrogens (tertiary/aromatic N) is 2. The largest absolute Gasteiger partial charge is 3.00 e. The van der Waals surface area contributed by atoms with Crippen LogP contribution in [0.1, 0.15) is 38.9 Å². The van der Waals surface area contributed by atoms with E-state index in [1.807, 2.05) is 64.6 Å². The second-order valence-corrected chi connectivity index (χ2v) is 8.17. The summed E-state index contributed by atoms with van der Waals surface area (Å²) in [6.07, 6.45) is 0. The molecular formula is C28H39N2Sc. The summed E-state index contributed by atoms with van der Waals surface area (Å²) < 4.78 is 0. The SMILES string of the molecule is Cc1c(C)c(C)[c-](C)c1C.[CH2-]c1ccccc1N(C)C.[CH2-]c1ccccc1N(C)C.[Sc+3]. The van der Waals surface area contributed by atoms with Crippen molar-refractivity contribution in [2.75, 3.05) is 38.0 Å². The zero-order valence-electron chi connectivity index (χ0n) is 21.0. The van der Waals surface area contributed by atoms with E-state index >= 15 is 0 Å². The minimum Gasteiger partial charge on any atom is -0.428 e. The van der Waals surface area contributed by atoms with Crippen molar-refractivity contribution in [2.24, 2.45) is 0 Å². The first-order chi connectivity index (χ1) is 14.0. The van der Waals surface area contributed by atoms with Gasteiger partial charge in [-0.05, 0) is 28.2 Å². The van der Waals surface area contributed by atoms with Crippen LogP contribution in [0, 0.1) is 48.5 Å². The Kier molecular flexibility index (Phi) is 12.6. The fourth-order valence-corrected chi connectivity index (χ4v) is 3.30. The first-order valence-electron chi connectivity index (χ1n) is 10.3. The molecule has 3 heteroatoms. The predicted octanol–water partition coefficient (Wildman–Crippen LogP) is 6.81. The monoisotopic (exact) mass is 448 g/mol. The van der Waals surface area contributed by atoms with Gasteiger partial charge in [-0.1, -0.05) is 70.3 Å². The number of anilines is 2. The van der Waals surface area contributed by atoms with Crippen molar-refractivity contribution in [3.63, 3.8) is 0 Å². The van der Waals surface area contributed by atoms with E-state index in [0.29, 0.717) is 0 Å². The number of para-hydroxylation sites is 2. The molecule has 0 N–H and O–H groups in total. The van der Waals surface area contributed by atoms with Crippen molar-refractivity contribution < 1.29 is 25.8 Å². The normalized spacial score (nSPS) is 9.45. The molecule has 0 aromatic heterocycles. The minimum absolute atomic E-state index is 0. The van der Waals surface area contributed by atoms with Crippen LogP contribution < -0.4 is 9.80 Å². The summed E-state index contributed by atoms with van der Waals surface area (Å²) in [6, 6.07) is 16.2. The van der Waals surface area contributed by atoms with Gasteiger partial charge in [0.05, 0.1) is 0 Å². The molecule has 0 amide bonds. The minimum atomic E-state index is 0. The van der Waals surface area contributed by atoms with Gasteiger partial charge in [0.2, 0.25) is 0 Å². The van der Waals surface area contributed by atoms with Crippen molar-refractivity contribution in [1.82, 2.24) is 0 Å². The van der Waals surface area contributed by atoms with Crippen LogP contribution in [-0.2, 0) is 25.8 Å². The van der Waals surface area contributed by atoms with Gasteiger partial charge in [-0.15, -0.1) is 12.1 Å². The number of hydrogen-bond donors (Lipinski definition) is 0. The molecule has 31 heavy (non-hydrogen) atoms. The van der Waals surface area contributed by atoms with Gasteiger partial charge in [0, 0.05) is 0 Å². The van der Waals surface area contributed by atoms with Crippen LogP contribution in [0.5, 0.6) is 0 Å². The van der Waals surface area contributed by atoms with Crippen LogP contribution in [0.15, 0.2) is 48.5 Å². The topological polar surface area (TPSA) is 6.48 Å². The summed E-state index contributed by atoms with van der Waals surface area (Å²) in [5.74, 6) is 0. The molecule has 0 fully saturated rings. The van der Waals surface area contributed by atoms with E-state index < -0.39 is 0 Å². The third-order valence-electron chi connectivity index (χ3n) is 5.76. The van der Waals surface area contributed by atoms with Crippen LogP contribution in [0.2, 0.25) is 0 Å². The Hall–Kier alpha value is -2.00. The second kappa shape index (κ2) is 13.4. The summed E-state index contributed by atoms with van der Waals surface area (Å²) in [5, 5.41) is 0. The average Bonchev–Trinajstić information content (AvgIpc) is 2.87. The molecule has 3 aromatic carbocycles. The molecular weight excluding hydrogens is 409 g/mol. The van der Waals surface area contributed by atoms with E-state index in [2.05, 4.69) is 70.4 Å². The summed E-state index contributed by atoms with van der Waals surface area (Å²) in [4.78, 5) is 4.12. The molecule has 0 aliphatic heterocycles. The predicted molar refractivity (Wildman–Crippen MR) is 136 cm³/mol. The Morgan fingerprint density at radius 1 is 0.613 bits per heavy atom. The van der Waals surface area contributed by atoms with E-state index in [-0.39, 0.29) is 25.8 Å². The maximum absolute atomic E-state index is 3.90. The molecule has 0 unspecified atom stereocenters. The van der Waals surface area contributed by atoms with Gasteiger partial charge in [0.25, 0.3) is 0 Å². The summed E-state index contributed by atoms with van der Waals surface area (Å²) in [7, 11) is 8.07. The zero-order chi connectivity index (χ0) is 23.0. The average molecular weight is 449 g/mol. The number of hydrogen-bond acceptors (Lipinski definition) is 2. The molecule has 0 aliphatic rings. The Morgan fingerprint density at radius 3 is 1.06 bits per heavy atom. The van der Waals surface area contributed by atoms with Gasteiger partial charge in [-0.2, -0.15) is 64.9 Å². The molecule has 3 rings (SSSR count). The molecule has 0 spiro atoms. The van der Waals surface area contributed by atoms with E-state index in [4.69, 9.17) is 0 Å². The van der Waals surface area contributed by atoms with Gasteiger partial charge >= 0.3 is 25.8 Å². The van der Waals surface area contributed by atoms with Gasteiger partial charge in [-0.25, -0.2) is 0 Å². The van der Waals surface area contributed by atoms with Crippen LogP contribution in [-0.4, -0.2) is 28.2 Å². The molecule has 0 saturated heterocycles. The zero-order valence-corrected chi connectivity index (χ0v) is 22.8. The van der Waals surface area contributed by atoms with Gasteiger partial charge in [0.1, 0.15) is 0 Å². The molecule has 0 heterocycles. The van der Waals surface area contributed by atoms with Crippen molar-refractivity contribution >= 4 is 11.4 Å². The Labute approximate surface area is 210 Å². The van der Waals surface area contributed by atoms with Crippen LogP contribution in [0.3, 0.4) is 0 Å². The first kappa shape index (κ1) is 29.0. The smallest absolute Gasteiger partial charge is 0.428 e. The Balaban J connectivity index is 0.000000429. The van der Waals surface area contributed by atoms with Gasteiger partial charge in [-0.3, -0.25) is 0 Å². The molecule has 2 nitrogen and oxygen atoms in total. The Bertz CT molecular complexity index is 806. The van der Waals surface area contributed by atoms with Crippen molar-refractivity contribution in [1.29, 1.82) is 0 Å². The number of rotatable bonds is 2. The molecule has 0 radical (unpaired) electrons. The molecule has 3 aromatic rings. The fraction of sp³-hybridized carbons (Fsp3) is 0.321. The molecule has 0 atom stereocenters. The van der Waals surface area contributed by atoms with Crippen molar-refractivity contribution in [3.8, 4) is 0 Å². The van der Waals surface area contributed by atoms with Crippen LogP contribution in [0.4, 0.5) is 11.4 Å². The van der Waals surface area contributed by atoms with Crippen LogP contribution >= 0.6 is 0 Å². The number of benzene rings is 2. The molecule has 0 aliphatic carbocycles. The van der Waals surface area contributed by atoms with E-state index in [1.54, 1.807) is 0 Å². The van der Waals surface area contributed by atoms with Crippen molar-refractivity contribution in [3.05, 3.63) is 101 Å². The van der Waals surface area contributed by atoms with Gasteiger partial charge in [0.15, 0.2) is 0 Å². The third kappa shape index (κ3) is 8.22. The quantitative estimate of drug-likeness (QED) is 0.397. The van der Waals surface area contributed by atoms with E-state index in [9.17, 15) is 0 Å². The fourth-order valence-electron chi connectivity index (χ4n) is 3.30. The summed E-state index contributed by atoms with van der Waals surface area (Å²) in [5.41, 5.74) is 11.9. The summed E-state index contributed by atoms with van der Waals surface area (Å²) in [6.45, 7) is 18.8. The molecule has 164 valence electrons.